The fraction of sp³-hybridized carbons (Fsp3) is 0.188. The molecule has 0 radical (unpaired) electrons. The lowest BCUT2D eigenvalue weighted by molar-refractivity contribution is -0.274. The molecule has 0 aliphatic rings. The van der Waals surface area contributed by atoms with Crippen LogP contribution >= 0.6 is 0 Å². The van der Waals surface area contributed by atoms with Gasteiger partial charge in [-0.05, 0) is 23.8 Å². The van der Waals surface area contributed by atoms with E-state index in [1.54, 1.807) is 18.2 Å². The number of carbonyl (C=O) groups excluding carboxylic acids is 1. The molecule has 2 aromatic rings. The molecule has 122 valence electrons. The molecule has 0 saturated heterocycles. The second-order valence-electron chi connectivity index (χ2n) is 4.45. The van der Waals surface area contributed by atoms with E-state index in [1.807, 2.05) is 0 Å². The summed E-state index contributed by atoms with van der Waals surface area (Å²) in [5, 5.41) is 0. The average Bonchev–Trinajstić information content (AvgIpc) is 2.52. The molecule has 0 aromatic heterocycles. The zero-order chi connectivity index (χ0) is 17.0. The van der Waals surface area contributed by atoms with Crippen molar-refractivity contribution < 1.29 is 32.2 Å². The summed E-state index contributed by atoms with van der Waals surface area (Å²) < 4.78 is 50.8. The monoisotopic (exact) mass is 326 g/mol. The first kappa shape index (κ1) is 16.7. The van der Waals surface area contributed by atoms with Gasteiger partial charge in [0.1, 0.15) is 17.1 Å². The maximum atomic E-state index is 12.3. The normalized spacial score (nSPS) is 11.0. The Morgan fingerprint density at radius 3 is 2.35 bits per heavy atom. The molecule has 23 heavy (non-hydrogen) atoms. The highest BCUT2D eigenvalue weighted by Gasteiger charge is 2.31. The van der Waals surface area contributed by atoms with Gasteiger partial charge in [-0.2, -0.15) is 0 Å². The van der Waals surface area contributed by atoms with E-state index in [0.717, 1.165) is 0 Å². The van der Waals surface area contributed by atoms with Crippen LogP contribution in [-0.4, -0.2) is 26.6 Å². The minimum absolute atomic E-state index is 0.176. The molecule has 2 aromatic carbocycles. The number of alkyl halides is 3. The van der Waals surface area contributed by atoms with Gasteiger partial charge >= 0.3 is 12.3 Å². The largest absolute Gasteiger partial charge is 0.573 e. The second kappa shape index (κ2) is 6.60. The number of carbonyl (C=O) groups is 1. The van der Waals surface area contributed by atoms with Gasteiger partial charge in [-0.1, -0.05) is 24.3 Å². The van der Waals surface area contributed by atoms with Crippen LogP contribution in [0.25, 0.3) is 11.1 Å². The number of esters is 1. The summed E-state index contributed by atoms with van der Waals surface area (Å²) >= 11 is 0. The summed E-state index contributed by atoms with van der Waals surface area (Å²) in [6.45, 7) is 0. The van der Waals surface area contributed by atoms with Gasteiger partial charge in [0.2, 0.25) is 0 Å². The summed E-state index contributed by atoms with van der Waals surface area (Å²) in [6, 6.07) is 10.1. The van der Waals surface area contributed by atoms with E-state index < -0.39 is 12.3 Å². The van der Waals surface area contributed by atoms with Gasteiger partial charge in [0.05, 0.1) is 14.2 Å². The molecule has 2 rings (SSSR count). The van der Waals surface area contributed by atoms with Gasteiger partial charge in [-0.25, -0.2) is 4.79 Å². The Kier molecular flexibility index (Phi) is 4.78. The van der Waals surface area contributed by atoms with Crippen LogP contribution in [0.4, 0.5) is 13.2 Å². The molecule has 0 aliphatic carbocycles. The number of halogens is 3. The van der Waals surface area contributed by atoms with Crippen LogP contribution in [0, 0.1) is 0 Å². The molecule has 0 saturated carbocycles. The van der Waals surface area contributed by atoms with Crippen molar-refractivity contribution in [3.05, 3.63) is 48.0 Å². The van der Waals surface area contributed by atoms with Crippen molar-refractivity contribution >= 4 is 5.97 Å². The van der Waals surface area contributed by atoms with Gasteiger partial charge in [0, 0.05) is 5.56 Å². The standard InChI is InChI=1S/C16H13F3O4/c1-21-14-12(7-4-8-13(14)15(20)22-2)10-5-3-6-11(9-10)23-16(17,18)19/h3-9H,1-2H3. The van der Waals surface area contributed by atoms with Crippen molar-refractivity contribution in [2.24, 2.45) is 0 Å². The smallest absolute Gasteiger partial charge is 0.495 e. The third-order valence-electron chi connectivity index (χ3n) is 3.00. The van der Waals surface area contributed by atoms with Crippen LogP contribution in [0.2, 0.25) is 0 Å². The fourth-order valence-electron chi connectivity index (χ4n) is 2.12. The number of ether oxygens (including phenoxy) is 3. The maximum Gasteiger partial charge on any atom is 0.573 e. The van der Waals surface area contributed by atoms with E-state index in [2.05, 4.69) is 9.47 Å². The molecule has 4 nitrogen and oxygen atoms in total. The van der Waals surface area contributed by atoms with Gasteiger partial charge < -0.3 is 14.2 Å². The predicted molar refractivity (Wildman–Crippen MR) is 76.5 cm³/mol. The zero-order valence-electron chi connectivity index (χ0n) is 12.3. The molecular weight excluding hydrogens is 313 g/mol. The summed E-state index contributed by atoms with van der Waals surface area (Å²) in [5.74, 6) is -0.754. The maximum absolute atomic E-state index is 12.3. The molecule has 0 heterocycles. The van der Waals surface area contributed by atoms with Crippen molar-refractivity contribution in [3.63, 3.8) is 0 Å². The fourth-order valence-corrected chi connectivity index (χ4v) is 2.12. The van der Waals surface area contributed by atoms with Crippen molar-refractivity contribution in [2.75, 3.05) is 14.2 Å². The highest BCUT2D eigenvalue weighted by molar-refractivity contribution is 5.95. The summed E-state index contributed by atoms with van der Waals surface area (Å²) in [7, 11) is 2.59. The number of rotatable bonds is 4. The summed E-state index contributed by atoms with van der Waals surface area (Å²) in [5.41, 5.74) is 1.03. The molecule has 0 atom stereocenters. The minimum Gasteiger partial charge on any atom is -0.495 e. The first-order valence-electron chi connectivity index (χ1n) is 6.47. The van der Waals surface area contributed by atoms with Crippen LogP contribution in [0.15, 0.2) is 42.5 Å². The van der Waals surface area contributed by atoms with Crippen LogP contribution in [0.5, 0.6) is 11.5 Å². The number of hydrogen-bond acceptors (Lipinski definition) is 4. The predicted octanol–water partition coefficient (Wildman–Crippen LogP) is 4.05. The Morgan fingerprint density at radius 2 is 1.74 bits per heavy atom. The van der Waals surface area contributed by atoms with E-state index >= 15 is 0 Å². The molecular formula is C16H13F3O4. The van der Waals surface area contributed by atoms with Gasteiger partial charge in [0.25, 0.3) is 0 Å². The van der Waals surface area contributed by atoms with E-state index in [9.17, 15) is 18.0 Å². The van der Waals surface area contributed by atoms with Gasteiger partial charge in [-0.15, -0.1) is 13.2 Å². The lowest BCUT2D eigenvalue weighted by atomic mass is 10.0. The summed E-state index contributed by atoms with van der Waals surface area (Å²) in [4.78, 5) is 11.8. The number of hydrogen-bond donors (Lipinski definition) is 0. The zero-order valence-corrected chi connectivity index (χ0v) is 12.3. The molecule has 0 fully saturated rings. The van der Waals surface area contributed by atoms with Gasteiger partial charge in [-0.3, -0.25) is 0 Å². The van der Waals surface area contributed by atoms with Crippen molar-refractivity contribution in [2.45, 2.75) is 6.36 Å². The van der Waals surface area contributed by atoms with Crippen LogP contribution < -0.4 is 9.47 Å². The second-order valence-corrected chi connectivity index (χ2v) is 4.45. The lowest BCUT2D eigenvalue weighted by Gasteiger charge is -2.14. The molecule has 0 spiro atoms. The molecule has 0 bridgehead atoms. The Hall–Kier alpha value is -2.70. The average molecular weight is 326 g/mol. The Bertz CT molecular complexity index is 711. The number of benzene rings is 2. The van der Waals surface area contributed by atoms with Crippen LogP contribution in [-0.2, 0) is 4.74 Å². The van der Waals surface area contributed by atoms with E-state index in [1.165, 1.54) is 38.5 Å². The highest BCUT2D eigenvalue weighted by Crippen LogP contribution is 2.35. The summed E-state index contributed by atoms with van der Waals surface area (Å²) in [6.07, 6.45) is -4.78. The van der Waals surface area contributed by atoms with Crippen molar-refractivity contribution in [3.8, 4) is 22.6 Å². The highest BCUT2D eigenvalue weighted by atomic mass is 19.4. The van der Waals surface area contributed by atoms with Crippen LogP contribution in [0.3, 0.4) is 0 Å². The molecule has 0 aliphatic heterocycles. The topological polar surface area (TPSA) is 44.8 Å². The Balaban J connectivity index is 2.50. The third-order valence-corrected chi connectivity index (χ3v) is 3.00. The van der Waals surface area contributed by atoms with E-state index in [4.69, 9.17) is 4.74 Å². The van der Waals surface area contributed by atoms with Crippen LogP contribution in [0.1, 0.15) is 10.4 Å². The molecule has 0 amide bonds. The number of methoxy groups -OCH3 is 2. The first-order chi connectivity index (χ1) is 10.9. The first-order valence-corrected chi connectivity index (χ1v) is 6.47. The van der Waals surface area contributed by atoms with E-state index in [-0.39, 0.29) is 17.1 Å². The van der Waals surface area contributed by atoms with E-state index in [0.29, 0.717) is 11.1 Å². The Morgan fingerprint density at radius 1 is 1.04 bits per heavy atom. The third kappa shape index (κ3) is 3.94. The van der Waals surface area contributed by atoms with Crippen molar-refractivity contribution in [1.29, 1.82) is 0 Å². The quantitative estimate of drug-likeness (QED) is 0.795. The Labute approximate surface area is 130 Å². The minimum atomic E-state index is -4.78. The SMILES string of the molecule is COC(=O)c1cccc(-c2cccc(OC(F)(F)F)c2)c1OC. The molecule has 0 N–H and O–H groups in total. The van der Waals surface area contributed by atoms with Gasteiger partial charge in [0.15, 0.2) is 0 Å². The molecule has 0 unspecified atom stereocenters. The lowest BCUT2D eigenvalue weighted by Crippen LogP contribution is -2.17. The molecule has 7 heteroatoms. The number of para-hydroxylation sites is 1. The van der Waals surface area contributed by atoms with Crippen molar-refractivity contribution in [1.82, 2.24) is 0 Å².